The van der Waals surface area contributed by atoms with E-state index in [0.717, 1.165) is 12.0 Å². The largest absolute Gasteiger partial charge is 0.480 e. The van der Waals surface area contributed by atoms with Crippen LogP contribution in [-0.4, -0.2) is 25.5 Å². The third kappa shape index (κ3) is 4.04. The summed E-state index contributed by atoms with van der Waals surface area (Å²) in [5, 5.41) is 8.71. The van der Waals surface area contributed by atoms with Gasteiger partial charge in [-0.05, 0) is 37.0 Å². The molecule has 1 rings (SSSR count). The van der Waals surface area contributed by atoms with Crippen LogP contribution in [0.3, 0.4) is 0 Å². The maximum absolute atomic E-state index is 11.9. The van der Waals surface area contributed by atoms with Crippen molar-refractivity contribution in [1.29, 1.82) is 0 Å². The second kappa shape index (κ2) is 6.16. The Kier molecular flexibility index (Phi) is 5.08. The molecule has 0 fully saturated rings. The van der Waals surface area contributed by atoms with E-state index in [2.05, 4.69) is 18.6 Å². The summed E-state index contributed by atoms with van der Waals surface area (Å²) in [6.45, 7) is 5.41. The summed E-state index contributed by atoms with van der Waals surface area (Å²) in [6, 6.07) is 5.36. The molecular weight excluding hydrogens is 266 g/mol. The lowest BCUT2D eigenvalue weighted by atomic mass is 9.99. The molecule has 1 aromatic rings. The van der Waals surface area contributed by atoms with Crippen LogP contribution in [0.15, 0.2) is 29.2 Å². The first-order chi connectivity index (χ1) is 8.77. The Morgan fingerprint density at radius 1 is 1.26 bits per heavy atom. The molecule has 1 aromatic carbocycles. The molecule has 0 saturated heterocycles. The van der Waals surface area contributed by atoms with Gasteiger partial charge in [0.15, 0.2) is 0 Å². The molecule has 5 nitrogen and oxygen atoms in total. The highest BCUT2D eigenvalue weighted by atomic mass is 32.2. The highest BCUT2D eigenvalue weighted by molar-refractivity contribution is 7.89. The third-order valence-electron chi connectivity index (χ3n) is 3.07. The molecule has 0 aliphatic rings. The van der Waals surface area contributed by atoms with Crippen molar-refractivity contribution in [3.63, 3.8) is 0 Å². The summed E-state index contributed by atoms with van der Waals surface area (Å²) in [5.41, 5.74) is 1.06. The minimum Gasteiger partial charge on any atom is -0.480 e. The molecule has 19 heavy (non-hydrogen) atoms. The van der Waals surface area contributed by atoms with E-state index >= 15 is 0 Å². The average molecular weight is 285 g/mol. The van der Waals surface area contributed by atoms with Crippen molar-refractivity contribution < 1.29 is 18.3 Å². The number of rotatable bonds is 6. The van der Waals surface area contributed by atoms with Crippen LogP contribution >= 0.6 is 0 Å². The Morgan fingerprint density at radius 3 is 2.21 bits per heavy atom. The molecule has 0 aliphatic heterocycles. The second-order valence-electron chi connectivity index (χ2n) is 4.56. The number of sulfonamides is 1. The van der Waals surface area contributed by atoms with E-state index in [1.807, 2.05) is 0 Å². The summed E-state index contributed by atoms with van der Waals surface area (Å²) in [7, 11) is -3.78. The lowest BCUT2D eigenvalue weighted by molar-refractivity contribution is -0.138. The van der Waals surface area contributed by atoms with E-state index < -0.39 is 22.0 Å². The zero-order chi connectivity index (χ0) is 14.6. The van der Waals surface area contributed by atoms with Crippen LogP contribution in [0.25, 0.3) is 0 Å². The van der Waals surface area contributed by atoms with E-state index in [1.54, 1.807) is 12.1 Å². The fraction of sp³-hybridized carbons (Fsp3) is 0.462. The van der Waals surface area contributed by atoms with Crippen molar-refractivity contribution in [3.05, 3.63) is 29.8 Å². The van der Waals surface area contributed by atoms with E-state index in [-0.39, 0.29) is 4.90 Å². The van der Waals surface area contributed by atoms with Crippen molar-refractivity contribution in [3.8, 4) is 0 Å². The van der Waals surface area contributed by atoms with E-state index in [1.165, 1.54) is 19.1 Å². The van der Waals surface area contributed by atoms with Crippen LogP contribution < -0.4 is 4.72 Å². The number of hydrogen-bond acceptors (Lipinski definition) is 3. The van der Waals surface area contributed by atoms with Gasteiger partial charge in [-0.25, -0.2) is 8.42 Å². The average Bonchev–Trinajstić information content (AvgIpc) is 2.37. The summed E-state index contributed by atoms with van der Waals surface area (Å²) in [4.78, 5) is 10.7. The van der Waals surface area contributed by atoms with Gasteiger partial charge in [0.1, 0.15) is 6.04 Å². The second-order valence-corrected chi connectivity index (χ2v) is 6.27. The Morgan fingerprint density at radius 2 is 1.79 bits per heavy atom. The van der Waals surface area contributed by atoms with Crippen molar-refractivity contribution in [2.45, 2.75) is 44.0 Å². The van der Waals surface area contributed by atoms with E-state index in [4.69, 9.17) is 5.11 Å². The van der Waals surface area contributed by atoms with Crippen LogP contribution in [0.1, 0.15) is 38.7 Å². The minimum absolute atomic E-state index is 0.0765. The predicted octanol–water partition coefficient (Wildman–Crippen LogP) is 1.95. The number of hydrogen-bond donors (Lipinski definition) is 2. The van der Waals surface area contributed by atoms with Gasteiger partial charge in [0, 0.05) is 0 Å². The van der Waals surface area contributed by atoms with Gasteiger partial charge >= 0.3 is 5.97 Å². The highest BCUT2D eigenvalue weighted by Gasteiger charge is 2.21. The first-order valence-electron chi connectivity index (χ1n) is 6.13. The van der Waals surface area contributed by atoms with Gasteiger partial charge in [-0.2, -0.15) is 4.72 Å². The topological polar surface area (TPSA) is 83.5 Å². The van der Waals surface area contributed by atoms with Crippen molar-refractivity contribution >= 4 is 16.0 Å². The van der Waals surface area contributed by atoms with Crippen molar-refractivity contribution in [2.75, 3.05) is 0 Å². The number of benzene rings is 1. The van der Waals surface area contributed by atoms with Gasteiger partial charge in [0.2, 0.25) is 10.0 Å². The molecule has 0 saturated carbocycles. The standard InChI is InChI=1S/C13H19NO4S/c1-4-9(2)11-5-7-12(8-6-11)19(17,18)14-10(3)13(15)16/h5-10,14H,4H2,1-3H3,(H,15,16)/t9?,10-/m0/s1. The van der Waals surface area contributed by atoms with Gasteiger partial charge in [0.05, 0.1) is 4.90 Å². The first kappa shape index (κ1) is 15.7. The molecule has 2 atom stereocenters. The van der Waals surface area contributed by atoms with E-state index in [9.17, 15) is 13.2 Å². The van der Waals surface area contributed by atoms with Gasteiger partial charge in [0.25, 0.3) is 0 Å². The molecule has 0 amide bonds. The smallest absolute Gasteiger partial charge is 0.321 e. The molecule has 2 N–H and O–H groups in total. The molecule has 0 spiro atoms. The third-order valence-corrected chi connectivity index (χ3v) is 4.63. The SMILES string of the molecule is CCC(C)c1ccc(S(=O)(=O)N[C@@H](C)C(=O)O)cc1. The van der Waals surface area contributed by atoms with E-state index in [0.29, 0.717) is 5.92 Å². The van der Waals surface area contributed by atoms with Crippen LogP contribution in [0.2, 0.25) is 0 Å². The summed E-state index contributed by atoms with van der Waals surface area (Å²) in [5.74, 6) is -0.845. The van der Waals surface area contributed by atoms with Crippen LogP contribution in [-0.2, 0) is 14.8 Å². The Bertz CT molecular complexity index is 536. The fourth-order valence-corrected chi connectivity index (χ4v) is 2.76. The summed E-state index contributed by atoms with van der Waals surface area (Å²) >= 11 is 0. The number of aliphatic carboxylic acids is 1. The number of nitrogens with one attached hydrogen (secondary N) is 1. The van der Waals surface area contributed by atoms with Gasteiger partial charge in [-0.1, -0.05) is 26.0 Å². The summed E-state index contributed by atoms with van der Waals surface area (Å²) < 4.78 is 26.0. The van der Waals surface area contributed by atoms with Crippen molar-refractivity contribution in [1.82, 2.24) is 4.72 Å². The molecule has 0 radical (unpaired) electrons. The highest BCUT2D eigenvalue weighted by Crippen LogP contribution is 2.20. The minimum atomic E-state index is -3.78. The Hall–Kier alpha value is -1.40. The quantitative estimate of drug-likeness (QED) is 0.836. The molecule has 0 bridgehead atoms. The number of carboxylic acid groups (broad SMARTS) is 1. The molecule has 1 unspecified atom stereocenters. The zero-order valence-electron chi connectivity index (χ0n) is 11.3. The maximum atomic E-state index is 11.9. The lowest BCUT2D eigenvalue weighted by Gasteiger charge is -2.12. The number of carboxylic acids is 1. The summed E-state index contributed by atoms with van der Waals surface area (Å²) in [6.07, 6.45) is 0.973. The normalized spacial score (nSPS) is 14.9. The van der Waals surface area contributed by atoms with Gasteiger partial charge in [-0.3, -0.25) is 4.79 Å². The molecular formula is C13H19NO4S. The Labute approximate surface area is 113 Å². The molecule has 0 heterocycles. The lowest BCUT2D eigenvalue weighted by Crippen LogP contribution is -2.38. The monoisotopic (exact) mass is 285 g/mol. The zero-order valence-corrected chi connectivity index (χ0v) is 12.1. The van der Waals surface area contributed by atoms with Crippen LogP contribution in [0.5, 0.6) is 0 Å². The van der Waals surface area contributed by atoms with Gasteiger partial charge < -0.3 is 5.11 Å². The fourth-order valence-electron chi connectivity index (χ4n) is 1.56. The van der Waals surface area contributed by atoms with Crippen LogP contribution in [0, 0.1) is 0 Å². The molecule has 6 heteroatoms. The Balaban J connectivity index is 2.94. The van der Waals surface area contributed by atoms with Gasteiger partial charge in [-0.15, -0.1) is 0 Å². The first-order valence-corrected chi connectivity index (χ1v) is 7.61. The molecule has 0 aromatic heterocycles. The number of carbonyl (C=O) groups is 1. The van der Waals surface area contributed by atoms with Crippen LogP contribution in [0.4, 0.5) is 0 Å². The van der Waals surface area contributed by atoms with Crippen molar-refractivity contribution in [2.24, 2.45) is 0 Å². The maximum Gasteiger partial charge on any atom is 0.321 e. The predicted molar refractivity (Wildman–Crippen MR) is 72.6 cm³/mol. The molecule has 106 valence electrons. The molecule has 0 aliphatic carbocycles.